The third-order valence-electron chi connectivity index (χ3n) is 5.76. The summed E-state index contributed by atoms with van der Waals surface area (Å²) in [5.41, 5.74) is 8.26. The van der Waals surface area contributed by atoms with Crippen LogP contribution in [0.25, 0.3) is 0 Å². The standard InChI is InChI=1S/C25H31P/c1-17-8-11-23(20(4)14-17)26(7,24-12-9-18(2)15-21(24)5)25-13-10-19(3)16-22(25)6/h8-16,26H,1-7H3. The van der Waals surface area contributed by atoms with Crippen molar-refractivity contribution >= 4 is 23.2 Å². The Hall–Kier alpha value is -1.91. The van der Waals surface area contributed by atoms with Gasteiger partial charge in [0.2, 0.25) is 0 Å². The minimum atomic E-state index is -2.08. The predicted molar refractivity (Wildman–Crippen MR) is 121 cm³/mol. The van der Waals surface area contributed by atoms with Crippen molar-refractivity contribution in [3.05, 3.63) is 88.0 Å². The van der Waals surface area contributed by atoms with Crippen molar-refractivity contribution < 1.29 is 0 Å². The van der Waals surface area contributed by atoms with Crippen molar-refractivity contribution in [1.29, 1.82) is 0 Å². The van der Waals surface area contributed by atoms with Gasteiger partial charge in [-0.05, 0) is 0 Å². The molecule has 0 aliphatic rings. The molecule has 0 aliphatic carbocycles. The molecule has 26 heavy (non-hydrogen) atoms. The first-order chi connectivity index (χ1) is 12.2. The van der Waals surface area contributed by atoms with Gasteiger partial charge in [-0.15, -0.1) is 0 Å². The topological polar surface area (TPSA) is 0 Å². The third-order valence-corrected chi connectivity index (χ3v) is 10.7. The molecule has 0 unspecified atom stereocenters. The van der Waals surface area contributed by atoms with E-state index in [0.29, 0.717) is 0 Å². The van der Waals surface area contributed by atoms with Crippen LogP contribution in [0.15, 0.2) is 54.6 Å². The van der Waals surface area contributed by atoms with Gasteiger partial charge >= 0.3 is 159 Å². The van der Waals surface area contributed by atoms with E-state index in [0.717, 1.165) is 0 Å². The van der Waals surface area contributed by atoms with E-state index in [4.69, 9.17) is 0 Å². The van der Waals surface area contributed by atoms with Crippen LogP contribution in [0, 0.1) is 41.5 Å². The van der Waals surface area contributed by atoms with Crippen molar-refractivity contribution in [2.75, 3.05) is 6.66 Å². The molecule has 0 aliphatic heterocycles. The Morgan fingerprint density at radius 3 is 0.962 bits per heavy atom. The van der Waals surface area contributed by atoms with Gasteiger partial charge in [-0.2, -0.15) is 0 Å². The summed E-state index contributed by atoms with van der Waals surface area (Å²) < 4.78 is 0. The molecule has 0 N–H and O–H groups in total. The summed E-state index contributed by atoms with van der Waals surface area (Å²) >= 11 is 0. The van der Waals surface area contributed by atoms with Crippen LogP contribution < -0.4 is 15.9 Å². The SMILES string of the molecule is Cc1ccc([PH](C)(c2ccc(C)cc2C)c2ccc(C)cc2C)c(C)c1. The zero-order chi connectivity index (χ0) is 19.1. The fourth-order valence-corrected chi connectivity index (χ4v) is 9.26. The van der Waals surface area contributed by atoms with E-state index in [2.05, 4.69) is 103 Å². The van der Waals surface area contributed by atoms with E-state index < -0.39 is 7.26 Å². The fourth-order valence-electron chi connectivity index (χ4n) is 4.56. The second kappa shape index (κ2) is 7.01. The number of hydrogen-bond acceptors (Lipinski definition) is 0. The van der Waals surface area contributed by atoms with Crippen LogP contribution in [0.1, 0.15) is 33.4 Å². The first-order valence-corrected chi connectivity index (χ1v) is 12.0. The Balaban J connectivity index is 2.38. The fraction of sp³-hybridized carbons (Fsp3) is 0.280. The second-order valence-electron chi connectivity index (χ2n) is 8.08. The Bertz CT molecular complexity index is 841. The average molecular weight is 362 g/mol. The van der Waals surface area contributed by atoms with Gasteiger partial charge in [0.1, 0.15) is 0 Å². The quantitative estimate of drug-likeness (QED) is 0.562. The van der Waals surface area contributed by atoms with Gasteiger partial charge in [0, 0.05) is 0 Å². The molecule has 3 aromatic carbocycles. The van der Waals surface area contributed by atoms with Crippen LogP contribution in [0.5, 0.6) is 0 Å². The first kappa shape index (κ1) is 18.9. The molecule has 0 radical (unpaired) electrons. The molecular weight excluding hydrogens is 331 g/mol. The molecule has 0 spiro atoms. The zero-order valence-electron chi connectivity index (χ0n) is 17.2. The van der Waals surface area contributed by atoms with Crippen molar-refractivity contribution in [2.45, 2.75) is 41.5 Å². The number of rotatable bonds is 3. The van der Waals surface area contributed by atoms with Gasteiger partial charge in [0.25, 0.3) is 0 Å². The van der Waals surface area contributed by atoms with Crippen LogP contribution in [-0.4, -0.2) is 6.66 Å². The zero-order valence-corrected chi connectivity index (χ0v) is 18.2. The number of aryl methyl sites for hydroxylation is 6. The Labute approximate surface area is 159 Å². The molecule has 3 rings (SSSR count). The first-order valence-electron chi connectivity index (χ1n) is 9.46. The van der Waals surface area contributed by atoms with Crippen molar-refractivity contribution in [3.63, 3.8) is 0 Å². The van der Waals surface area contributed by atoms with Gasteiger partial charge in [0.05, 0.1) is 0 Å². The van der Waals surface area contributed by atoms with Crippen LogP contribution in [-0.2, 0) is 0 Å². The maximum atomic E-state index is 2.53. The molecule has 0 bridgehead atoms. The molecule has 0 saturated heterocycles. The van der Waals surface area contributed by atoms with Crippen LogP contribution in [0.4, 0.5) is 0 Å². The van der Waals surface area contributed by atoms with Gasteiger partial charge < -0.3 is 0 Å². The van der Waals surface area contributed by atoms with E-state index in [-0.39, 0.29) is 0 Å². The number of hydrogen-bond donors (Lipinski definition) is 0. The monoisotopic (exact) mass is 362 g/mol. The average Bonchev–Trinajstić information content (AvgIpc) is 2.54. The second-order valence-corrected chi connectivity index (χ2v) is 11.9. The molecule has 0 atom stereocenters. The van der Waals surface area contributed by atoms with Crippen molar-refractivity contribution in [1.82, 2.24) is 0 Å². The minimum absolute atomic E-state index is 1.34. The molecule has 3 aromatic rings. The van der Waals surface area contributed by atoms with Crippen LogP contribution >= 0.6 is 7.26 Å². The molecule has 0 fully saturated rings. The number of benzene rings is 3. The molecule has 1 heteroatoms. The molecule has 0 aromatic heterocycles. The predicted octanol–water partition coefficient (Wildman–Crippen LogP) is 5.19. The summed E-state index contributed by atoms with van der Waals surface area (Å²) in [4.78, 5) is 0. The molecule has 0 heterocycles. The van der Waals surface area contributed by atoms with E-state index in [1.165, 1.54) is 49.3 Å². The Morgan fingerprint density at radius 2 is 0.731 bits per heavy atom. The van der Waals surface area contributed by atoms with Gasteiger partial charge in [-0.25, -0.2) is 0 Å². The molecule has 0 amide bonds. The van der Waals surface area contributed by atoms with E-state index >= 15 is 0 Å². The Morgan fingerprint density at radius 1 is 0.462 bits per heavy atom. The van der Waals surface area contributed by atoms with Gasteiger partial charge in [-0.1, -0.05) is 0 Å². The summed E-state index contributed by atoms with van der Waals surface area (Å²) in [5.74, 6) is 0. The van der Waals surface area contributed by atoms with Crippen molar-refractivity contribution in [3.8, 4) is 0 Å². The summed E-state index contributed by atoms with van der Waals surface area (Å²) in [6.45, 7) is 15.9. The normalized spacial score (nSPS) is 12.3. The third kappa shape index (κ3) is 3.24. The summed E-state index contributed by atoms with van der Waals surface area (Å²) in [5, 5.41) is 4.59. The van der Waals surface area contributed by atoms with Crippen LogP contribution in [0.3, 0.4) is 0 Å². The molecular formula is C25H31P. The van der Waals surface area contributed by atoms with E-state index in [9.17, 15) is 0 Å². The van der Waals surface area contributed by atoms with Gasteiger partial charge in [-0.3, -0.25) is 0 Å². The van der Waals surface area contributed by atoms with Crippen LogP contribution in [0.2, 0.25) is 0 Å². The van der Waals surface area contributed by atoms with Gasteiger partial charge in [0.15, 0.2) is 0 Å². The summed E-state index contributed by atoms with van der Waals surface area (Å²) in [6, 6.07) is 21.0. The molecule has 0 nitrogen and oxygen atoms in total. The van der Waals surface area contributed by atoms with E-state index in [1.807, 2.05) is 0 Å². The van der Waals surface area contributed by atoms with Crippen molar-refractivity contribution in [2.24, 2.45) is 0 Å². The van der Waals surface area contributed by atoms with E-state index in [1.54, 1.807) is 0 Å². The summed E-state index contributed by atoms with van der Waals surface area (Å²) in [6.07, 6.45) is 0. The molecule has 0 saturated carbocycles. The maximum absolute atomic E-state index is 2.53. The Kier molecular flexibility index (Phi) is 5.09. The molecule has 136 valence electrons. The summed E-state index contributed by atoms with van der Waals surface area (Å²) in [7, 11) is -2.08.